The highest BCUT2D eigenvalue weighted by atomic mass is 35.5. The summed E-state index contributed by atoms with van der Waals surface area (Å²) < 4.78 is 18.4. The number of hydrogen-bond acceptors (Lipinski definition) is 3. The van der Waals surface area contributed by atoms with Crippen LogP contribution in [0.4, 0.5) is 4.39 Å². The first-order valence-corrected chi connectivity index (χ1v) is 7.24. The van der Waals surface area contributed by atoms with E-state index in [1.807, 2.05) is 20.8 Å². The van der Waals surface area contributed by atoms with Gasteiger partial charge < -0.3 is 15.8 Å². The average molecular weight is 333 g/mol. The zero-order valence-corrected chi connectivity index (χ0v) is 14.3. The molecule has 0 aromatic heterocycles. The second-order valence-corrected chi connectivity index (χ2v) is 5.42. The number of rotatable bonds is 7. The molecule has 22 heavy (non-hydrogen) atoms. The molecule has 1 amide bonds. The fourth-order valence-electron chi connectivity index (χ4n) is 2.19. The minimum absolute atomic E-state index is 0. The molecular formula is C16H26ClFN2O2. The van der Waals surface area contributed by atoms with Gasteiger partial charge in [-0.1, -0.05) is 32.4 Å². The van der Waals surface area contributed by atoms with Crippen molar-refractivity contribution in [3.8, 4) is 0 Å². The largest absolute Gasteiger partial charge is 0.375 e. The number of nitrogens with two attached hydrogens (primary N) is 1. The van der Waals surface area contributed by atoms with Crippen LogP contribution in [0.15, 0.2) is 24.3 Å². The van der Waals surface area contributed by atoms with Crippen LogP contribution in [0.1, 0.15) is 38.9 Å². The SMILES string of the molecule is CCC(C)C(N)C(=O)NC(C)C(OC)c1ccc(F)cc1.Cl. The van der Waals surface area contributed by atoms with Gasteiger partial charge in [-0.3, -0.25) is 4.79 Å². The Morgan fingerprint density at radius 2 is 1.86 bits per heavy atom. The predicted molar refractivity (Wildman–Crippen MR) is 88.4 cm³/mol. The molecule has 4 atom stereocenters. The van der Waals surface area contributed by atoms with Crippen molar-refractivity contribution in [3.63, 3.8) is 0 Å². The van der Waals surface area contributed by atoms with Gasteiger partial charge in [0.1, 0.15) is 11.9 Å². The minimum Gasteiger partial charge on any atom is -0.375 e. The summed E-state index contributed by atoms with van der Waals surface area (Å²) in [6.07, 6.45) is 0.493. The maximum absolute atomic E-state index is 13.0. The zero-order chi connectivity index (χ0) is 16.0. The first-order valence-electron chi connectivity index (χ1n) is 7.24. The fourth-order valence-corrected chi connectivity index (χ4v) is 2.19. The smallest absolute Gasteiger partial charge is 0.237 e. The number of benzene rings is 1. The summed E-state index contributed by atoms with van der Waals surface area (Å²) in [5.74, 6) is -0.380. The van der Waals surface area contributed by atoms with Crippen LogP contribution in [-0.2, 0) is 9.53 Å². The van der Waals surface area contributed by atoms with E-state index in [-0.39, 0.29) is 42.2 Å². The van der Waals surface area contributed by atoms with Crippen LogP contribution >= 0.6 is 12.4 Å². The van der Waals surface area contributed by atoms with Crippen molar-refractivity contribution in [2.75, 3.05) is 7.11 Å². The molecule has 1 aromatic rings. The summed E-state index contributed by atoms with van der Waals surface area (Å²) in [6, 6.07) is 5.26. The molecule has 3 N–H and O–H groups in total. The maximum atomic E-state index is 13.0. The summed E-state index contributed by atoms with van der Waals surface area (Å²) in [5.41, 5.74) is 6.73. The number of carbonyl (C=O) groups excluding carboxylic acids is 1. The topological polar surface area (TPSA) is 64.4 Å². The average Bonchev–Trinajstić information content (AvgIpc) is 2.48. The highest BCUT2D eigenvalue weighted by Crippen LogP contribution is 2.21. The minimum atomic E-state index is -0.539. The molecule has 0 spiro atoms. The molecule has 0 fully saturated rings. The van der Waals surface area contributed by atoms with Crippen LogP contribution in [0.25, 0.3) is 0 Å². The van der Waals surface area contributed by atoms with Gasteiger partial charge in [0.05, 0.1) is 12.1 Å². The second kappa shape index (κ2) is 9.77. The van der Waals surface area contributed by atoms with Gasteiger partial charge in [-0.15, -0.1) is 12.4 Å². The second-order valence-electron chi connectivity index (χ2n) is 5.42. The highest BCUT2D eigenvalue weighted by molar-refractivity contribution is 5.85. The highest BCUT2D eigenvalue weighted by Gasteiger charge is 2.25. The molecule has 0 radical (unpaired) electrons. The molecule has 4 unspecified atom stereocenters. The Morgan fingerprint density at radius 3 is 2.32 bits per heavy atom. The lowest BCUT2D eigenvalue weighted by Crippen LogP contribution is -2.49. The van der Waals surface area contributed by atoms with Crippen LogP contribution in [-0.4, -0.2) is 25.1 Å². The van der Waals surface area contributed by atoms with Gasteiger partial charge in [0, 0.05) is 7.11 Å². The number of methoxy groups -OCH3 is 1. The third-order valence-electron chi connectivity index (χ3n) is 3.84. The van der Waals surface area contributed by atoms with Crippen molar-refractivity contribution >= 4 is 18.3 Å². The summed E-state index contributed by atoms with van der Waals surface area (Å²) in [6.45, 7) is 5.79. The molecule has 0 saturated carbocycles. The summed E-state index contributed by atoms with van der Waals surface area (Å²) >= 11 is 0. The van der Waals surface area contributed by atoms with Crippen LogP contribution in [0.5, 0.6) is 0 Å². The third kappa shape index (κ3) is 5.55. The van der Waals surface area contributed by atoms with Crippen LogP contribution in [0.2, 0.25) is 0 Å². The molecule has 1 rings (SSSR count). The van der Waals surface area contributed by atoms with E-state index >= 15 is 0 Å². The Bertz CT molecular complexity index is 456. The number of hydrogen-bond donors (Lipinski definition) is 2. The van der Waals surface area contributed by atoms with Crippen molar-refractivity contribution < 1.29 is 13.9 Å². The van der Waals surface area contributed by atoms with E-state index in [9.17, 15) is 9.18 Å². The fraction of sp³-hybridized carbons (Fsp3) is 0.562. The molecule has 0 heterocycles. The summed E-state index contributed by atoms with van der Waals surface area (Å²) in [4.78, 5) is 12.1. The zero-order valence-electron chi connectivity index (χ0n) is 13.5. The van der Waals surface area contributed by atoms with E-state index in [1.54, 1.807) is 19.2 Å². The summed E-state index contributed by atoms with van der Waals surface area (Å²) in [7, 11) is 1.56. The van der Waals surface area contributed by atoms with Gasteiger partial charge in [0.15, 0.2) is 0 Å². The Kier molecular flexibility index (Phi) is 9.25. The number of halogens is 2. The van der Waals surface area contributed by atoms with E-state index < -0.39 is 6.04 Å². The van der Waals surface area contributed by atoms with Crippen molar-refractivity contribution in [1.29, 1.82) is 0 Å². The third-order valence-corrected chi connectivity index (χ3v) is 3.84. The molecule has 0 aliphatic heterocycles. The van der Waals surface area contributed by atoms with E-state index in [0.717, 1.165) is 12.0 Å². The molecule has 6 heteroatoms. The van der Waals surface area contributed by atoms with Gasteiger partial charge in [-0.25, -0.2) is 4.39 Å². The van der Waals surface area contributed by atoms with E-state index in [0.29, 0.717) is 0 Å². The van der Waals surface area contributed by atoms with E-state index in [2.05, 4.69) is 5.32 Å². The van der Waals surface area contributed by atoms with Crippen LogP contribution in [0, 0.1) is 11.7 Å². The van der Waals surface area contributed by atoms with Crippen molar-refractivity contribution in [2.45, 2.75) is 45.4 Å². The number of amides is 1. The van der Waals surface area contributed by atoms with Gasteiger partial charge in [0.25, 0.3) is 0 Å². The Balaban J connectivity index is 0.00000441. The predicted octanol–water partition coefficient (Wildman–Crippen LogP) is 2.81. The lowest BCUT2D eigenvalue weighted by Gasteiger charge is -2.26. The van der Waals surface area contributed by atoms with Gasteiger partial charge in [-0.05, 0) is 30.5 Å². The van der Waals surface area contributed by atoms with Crippen molar-refractivity contribution in [1.82, 2.24) is 5.32 Å². The summed E-state index contributed by atoms with van der Waals surface area (Å²) in [5, 5.41) is 2.88. The van der Waals surface area contributed by atoms with Crippen LogP contribution < -0.4 is 11.1 Å². The van der Waals surface area contributed by atoms with Crippen LogP contribution in [0.3, 0.4) is 0 Å². The first-order chi connectivity index (χ1) is 9.90. The number of ether oxygens (including phenoxy) is 1. The normalized spacial score (nSPS) is 16.1. The van der Waals surface area contributed by atoms with E-state index in [4.69, 9.17) is 10.5 Å². The van der Waals surface area contributed by atoms with Crippen molar-refractivity contribution in [3.05, 3.63) is 35.6 Å². The molecule has 0 aliphatic rings. The quantitative estimate of drug-likeness (QED) is 0.807. The molecule has 1 aromatic carbocycles. The number of nitrogens with one attached hydrogen (secondary N) is 1. The Hall–Kier alpha value is -1.17. The maximum Gasteiger partial charge on any atom is 0.237 e. The Morgan fingerprint density at radius 1 is 1.32 bits per heavy atom. The monoisotopic (exact) mass is 332 g/mol. The molecule has 0 bridgehead atoms. The first kappa shape index (κ1) is 20.8. The van der Waals surface area contributed by atoms with Gasteiger partial charge in [-0.2, -0.15) is 0 Å². The van der Waals surface area contributed by atoms with Crippen molar-refractivity contribution in [2.24, 2.45) is 11.7 Å². The lowest BCUT2D eigenvalue weighted by molar-refractivity contribution is -0.125. The number of carbonyl (C=O) groups is 1. The molecule has 0 saturated heterocycles. The molecular weight excluding hydrogens is 307 g/mol. The standard InChI is InChI=1S/C16H25FN2O2.ClH/c1-5-10(2)14(18)16(20)19-11(3)15(21-4)12-6-8-13(17)9-7-12;/h6-11,14-15H,5,18H2,1-4H3,(H,19,20);1H. The lowest BCUT2D eigenvalue weighted by atomic mass is 9.98. The van der Waals surface area contributed by atoms with Gasteiger partial charge in [0.2, 0.25) is 5.91 Å². The van der Waals surface area contributed by atoms with Gasteiger partial charge >= 0.3 is 0 Å². The molecule has 126 valence electrons. The molecule has 0 aliphatic carbocycles. The molecule has 4 nitrogen and oxygen atoms in total. The Labute approximate surface area is 138 Å². The van der Waals surface area contributed by atoms with E-state index in [1.165, 1.54) is 12.1 Å².